The number of pyridine rings is 1. The molecule has 0 aliphatic heterocycles. The second-order valence-corrected chi connectivity index (χ2v) is 4.55. The standard InChI is InChI=1S/C12H13NO2.ClHO4/c1-8-6-12(15-3)13-11-7-9(14-2)4-5-10(8)11;2-1(3,4)5/h4-7H,1-3H3;(H,2,3,4,5). The van der Waals surface area contributed by atoms with Gasteiger partial charge in [0, 0.05) is 17.5 Å². The average molecular weight is 304 g/mol. The van der Waals surface area contributed by atoms with Gasteiger partial charge in [-0.05, 0) is 24.6 Å². The molecule has 1 heterocycles. The molecular formula is C12H14ClNO6. The summed E-state index contributed by atoms with van der Waals surface area (Å²) in [5.41, 5.74) is 2.05. The summed E-state index contributed by atoms with van der Waals surface area (Å²) in [6, 6.07) is 7.78. The Labute approximate surface area is 117 Å². The lowest BCUT2D eigenvalue weighted by Gasteiger charge is -2.06. The van der Waals surface area contributed by atoms with Crippen LogP contribution in [0.2, 0.25) is 0 Å². The maximum Gasteiger partial charge on any atom is 0.213 e. The molecule has 110 valence electrons. The number of nitrogens with zero attached hydrogens (tertiary/aromatic N) is 1. The zero-order valence-corrected chi connectivity index (χ0v) is 11.9. The zero-order valence-electron chi connectivity index (χ0n) is 11.1. The third-order valence-electron chi connectivity index (χ3n) is 2.41. The molecule has 2 aromatic rings. The van der Waals surface area contributed by atoms with Gasteiger partial charge >= 0.3 is 0 Å². The van der Waals surface area contributed by atoms with Crippen molar-refractivity contribution in [2.24, 2.45) is 0 Å². The molecule has 8 heteroatoms. The highest BCUT2D eigenvalue weighted by Gasteiger charge is 2.03. The van der Waals surface area contributed by atoms with Crippen LogP contribution >= 0.6 is 0 Å². The fraction of sp³-hybridized carbons (Fsp3) is 0.250. The van der Waals surface area contributed by atoms with E-state index in [2.05, 4.69) is 4.98 Å². The Morgan fingerprint density at radius 2 is 1.70 bits per heavy atom. The number of benzene rings is 1. The highest BCUT2D eigenvalue weighted by atomic mass is 35.7. The molecule has 20 heavy (non-hydrogen) atoms. The van der Waals surface area contributed by atoms with E-state index in [1.54, 1.807) is 14.2 Å². The second-order valence-electron chi connectivity index (χ2n) is 3.76. The summed E-state index contributed by atoms with van der Waals surface area (Å²) in [5, 5.41) is 1.12. The minimum atomic E-state index is -4.69. The van der Waals surface area contributed by atoms with Gasteiger partial charge in [-0.3, -0.25) is 0 Å². The van der Waals surface area contributed by atoms with E-state index in [9.17, 15) is 0 Å². The van der Waals surface area contributed by atoms with Crippen LogP contribution in [0.3, 0.4) is 0 Å². The molecule has 2 rings (SSSR count). The molecule has 0 unspecified atom stereocenters. The van der Waals surface area contributed by atoms with Crippen LogP contribution in [-0.2, 0) is 0 Å². The predicted octanol–water partition coefficient (Wildman–Crippen LogP) is -1.56. The molecule has 0 aliphatic carbocycles. The van der Waals surface area contributed by atoms with Gasteiger partial charge in [-0.25, -0.2) is 4.98 Å². The van der Waals surface area contributed by atoms with Crippen LogP contribution in [0.15, 0.2) is 24.3 Å². The first-order chi connectivity index (χ1) is 9.24. The summed E-state index contributed by atoms with van der Waals surface area (Å²) in [5.74, 6) is 1.44. The van der Waals surface area contributed by atoms with Crippen molar-refractivity contribution in [1.29, 1.82) is 0 Å². The van der Waals surface area contributed by atoms with Crippen LogP contribution < -0.4 is 23.5 Å². The molecule has 0 bridgehead atoms. The molecule has 0 atom stereocenters. The smallest absolute Gasteiger partial charge is 0.213 e. The highest BCUT2D eigenvalue weighted by molar-refractivity contribution is 5.83. The molecule has 0 amide bonds. The van der Waals surface area contributed by atoms with Crippen molar-refractivity contribution < 1.29 is 38.4 Å². The molecule has 7 nitrogen and oxygen atoms in total. The first kappa shape index (κ1) is 16.4. The Hall–Kier alpha value is -1.64. The van der Waals surface area contributed by atoms with E-state index in [0.29, 0.717) is 5.88 Å². The number of fused-ring (bicyclic) bond motifs is 1. The van der Waals surface area contributed by atoms with Crippen molar-refractivity contribution in [1.82, 2.24) is 4.98 Å². The maximum atomic E-state index is 8.60. The monoisotopic (exact) mass is 303 g/mol. The predicted molar refractivity (Wildman–Crippen MR) is 61.8 cm³/mol. The lowest BCUT2D eigenvalue weighted by molar-refractivity contribution is -1.92. The lowest BCUT2D eigenvalue weighted by atomic mass is 10.1. The van der Waals surface area contributed by atoms with Crippen molar-refractivity contribution in [3.8, 4) is 11.6 Å². The molecule has 1 aromatic heterocycles. The topological polar surface area (TPSA) is 121 Å². The largest absolute Gasteiger partial charge is 0.497 e. The van der Waals surface area contributed by atoms with Gasteiger partial charge in [0.15, 0.2) is 0 Å². The van der Waals surface area contributed by atoms with E-state index < -0.39 is 10.2 Å². The first-order valence-electron chi connectivity index (χ1n) is 5.37. The minimum Gasteiger partial charge on any atom is -0.497 e. The van der Waals surface area contributed by atoms with E-state index in [0.717, 1.165) is 22.2 Å². The summed E-state index contributed by atoms with van der Waals surface area (Å²) in [7, 11) is -1.43. The summed E-state index contributed by atoms with van der Waals surface area (Å²) < 4.78 is 43.0. The number of aryl methyl sites for hydroxylation is 1. The number of hydrogen-bond donors (Lipinski definition) is 1. The van der Waals surface area contributed by atoms with Gasteiger partial charge in [0.1, 0.15) is 5.75 Å². The number of aromatic nitrogens is 1. The van der Waals surface area contributed by atoms with Crippen molar-refractivity contribution in [2.75, 3.05) is 14.2 Å². The summed E-state index contributed by atoms with van der Waals surface area (Å²) >= 11 is 0. The van der Waals surface area contributed by atoms with Crippen molar-refractivity contribution in [3.63, 3.8) is 0 Å². The maximum absolute atomic E-state index is 8.60. The minimum absolute atomic E-state index is 0.633. The first-order valence-corrected chi connectivity index (χ1v) is 6.63. The van der Waals surface area contributed by atoms with Crippen LogP contribution in [0.25, 0.3) is 10.9 Å². The highest BCUT2D eigenvalue weighted by Crippen LogP contribution is 2.24. The molecule has 0 fully saturated rings. The van der Waals surface area contributed by atoms with Crippen molar-refractivity contribution >= 4 is 10.9 Å². The Morgan fingerprint density at radius 1 is 1.10 bits per heavy atom. The Morgan fingerprint density at radius 3 is 2.20 bits per heavy atom. The van der Waals surface area contributed by atoms with E-state index >= 15 is 0 Å². The SMILES string of the molecule is COc1ccc2c(C)cc(OC)nc2c1.[O-][Cl+3]([O-])([O-])O. The number of hydrogen-bond acceptors (Lipinski definition) is 7. The Kier molecular flexibility index (Phi) is 5.49. The number of ether oxygens (including phenoxy) is 2. The van der Waals surface area contributed by atoms with E-state index in [1.165, 1.54) is 0 Å². The average Bonchev–Trinajstić information content (AvgIpc) is 2.35. The quantitative estimate of drug-likeness (QED) is 0.712. The molecule has 0 spiro atoms. The van der Waals surface area contributed by atoms with Crippen LogP contribution in [0.1, 0.15) is 5.56 Å². The molecule has 1 aromatic carbocycles. The van der Waals surface area contributed by atoms with Crippen LogP contribution in [0.5, 0.6) is 11.6 Å². The van der Waals surface area contributed by atoms with Gasteiger partial charge in [0.25, 0.3) is 0 Å². The number of rotatable bonds is 2. The second kappa shape index (κ2) is 6.69. The summed E-state index contributed by atoms with van der Waals surface area (Å²) in [4.78, 5) is 4.36. The van der Waals surface area contributed by atoms with Gasteiger partial charge in [0.2, 0.25) is 5.88 Å². The third kappa shape index (κ3) is 5.16. The number of halogens is 1. The molecule has 0 aliphatic rings. The Balaban J connectivity index is 0.000000347. The Bertz CT molecular complexity index is 573. The fourth-order valence-corrected chi connectivity index (χ4v) is 1.58. The molecule has 0 saturated heterocycles. The number of methoxy groups -OCH3 is 2. The zero-order chi connectivity index (χ0) is 15.3. The van der Waals surface area contributed by atoms with E-state index in [4.69, 9.17) is 28.1 Å². The third-order valence-corrected chi connectivity index (χ3v) is 2.41. The van der Waals surface area contributed by atoms with Crippen LogP contribution in [0, 0.1) is 17.2 Å². The van der Waals surface area contributed by atoms with E-state index in [-0.39, 0.29) is 0 Å². The van der Waals surface area contributed by atoms with E-state index in [1.807, 2.05) is 31.2 Å². The van der Waals surface area contributed by atoms with Gasteiger partial charge in [-0.1, -0.05) is 0 Å². The van der Waals surface area contributed by atoms with Gasteiger partial charge < -0.3 is 9.47 Å². The summed E-state index contributed by atoms with van der Waals surface area (Å²) in [6.07, 6.45) is 0. The fourth-order valence-electron chi connectivity index (χ4n) is 1.58. The van der Waals surface area contributed by atoms with Crippen molar-refractivity contribution in [2.45, 2.75) is 6.92 Å². The van der Waals surface area contributed by atoms with Gasteiger partial charge in [-0.2, -0.15) is 14.0 Å². The van der Waals surface area contributed by atoms with Crippen LogP contribution in [-0.4, -0.2) is 23.9 Å². The molecule has 0 radical (unpaired) electrons. The normalized spacial score (nSPS) is 10.8. The van der Waals surface area contributed by atoms with Crippen molar-refractivity contribution in [3.05, 3.63) is 29.8 Å². The van der Waals surface area contributed by atoms with Gasteiger partial charge in [0.05, 0.1) is 34.6 Å². The summed E-state index contributed by atoms with van der Waals surface area (Å²) in [6.45, 7) is 2.04. The van der Waals surface area contributed by atoms with Gasteiger partial charge in [-0.15, -0.1) is 0 Å². The molecular weight excluding hydrogens is 290 g/mol. The molecule has 0 saturated carbocycles. The molecule has 1 N–H and O–H groups in total. The van der Waals surface area contributed by atoms with Crippen LogP contribution in [0.4, 0.5) is 0 Å². The lowest BCUT2D eigenvalue weighted by Crippen LogP contribution is -2.58.